The number of nitrogens with zero attached hydrogens (tertiary/aromatic N) is 2. The Morgan fingerprint density at radius 3 is 2.51 bits per heavy atom. The highest BCUT2D eigenvalue weighted by Gasteiger charge is 2.50. The molecule has 0 amide bonds. The normalized spacial score (nSPS) is 22.1. The summed E-state index contributed by atoms with van der Waals surface area (Å²) in [5.41, 5.74) is 16.4. The summed E-state index contributed by atoms with van der Waals surface area (Å²) < 4.78 is 2.54. The standard InChI is InChI=1S/C49H40N2/c1-49-42-21-11-16-35-29-34-15-7-8-19-39(34)48(47(35)42)43(49)22-12-24-46(49)50(37-26-25-32-13-5-6-14-33(32)30-37)38-27-28-41-40-20-9-10-23-44(40)51(45(41)31-38)36-17-3-2-4-18-36/h2-6,8-9,11-14,16-22,24-29,31,37,46H,7,10,15,23,30H2,1H3. The number of rotatable bonds is 4. The summed E-state index contributed by atoms with van der Waals surface area (Å²) in [6.07, 6.45) is 26.9. The zero-order chi connectivity index (χ0) is 33.7. The molecule has 6 aromatic rings. The summed E-state index contributed by atoms with van der Waals surface area (Å²) in [7, 11) is 0. The first-order valence-corrected chi connectivity index (χ1v) is 18.8. The van der Waals surface area contributed by atoms with E-state index in [1.807, 2.05) is 0 Å². The van der Waals surface area contributed by atoms with E-state index >= 15 is 0 Å². The molecule has 2 heteroatoms. The zero-order valence-electron chi connectivity index (χ0n) is 29.0. The quantitative estimate of drug-likeness (QED) is 0.183. The number of aromatic nitrogens is 1. The van der Waals surface area contributed by atoms with Gasteiger partial charge in [-0.15, -0.1) is 0 Å². The number of fused-ring (bicyclic) bond motifs is 9. The molecule has 0 N–H and O–H groups in total. The summed E-state index contributed by atoms with van der Waals surface area (Å²) in [5.74, 6) is 0. The van der Waals surface area contributed by atoms with Gasteiger partial charge in [0.25, 0.3) is 0 Å². The molecule has 0 saturated heterocycles. The number of allylic oxidation sites excluding steroid dienone is 4. The summed E-state index contributed by atoms with van der Waals surface area (Å²) in [5, 5.41) is 4.16. The Balaban J connectivity index is 1.14. The number of hydrogen-bond donors (Lipinski definition) is 0. The fourth-order valence-corrected chi connectivity index (χ4v) is 10.3. The molecular weight excluding hydrogens is 617 g/mol. The topological polar surface area (TPSA) is 8.17 Å². The average molecular weight is 657 g/mol. The predicted molar refractivity (Wildman–Crippen MR) is 216 cm³/mol. The molecule has 5 aromatic carbocycles. The second kappa shape index (κ2) is 10.9. The molecule has 3 atom stereocenters. The maximum Gasteiger partial charge on any atom is 0.0617 e. The smallest absolute Gasteiger partial charge is 0.0617 e. The number of aryl methyl sites for hydroxylation is 1. The van der Waals surface area contributed by atoms with Crippen LogP contribution in [0.15, 0.2) is 134 Å². The molecule has 5 aliphatic carbocycles. The number of anilines is 1. The van der Waals surface area contributed by atoms with Crippen molar-refractivity contribution in [3.8, 4) is 5.69 Å². The summed E-state index contributed by atoms with van der Waals surface area (Å²) in [6, 6.07) is 37.1. The van der Waals surface area contributed by atoms with Gasteiger partial charge >= 0.3 is 0 Å². The molecule has 1 aromatic heterocycles. The van der Waals surface area contributed by atoms with E-state index in [2.05, 4.69) is 168 Å². The second-order valence-electron chi connectivity index (χ2n) is 15.2. The maximum absolute atomic E-state index is 2.78. The maximum atomic E-state index is 2.78. The summed E-state index contributed by atoms with van der Waals surface area (Å²) >= 11 is 0. The SMILES string of the molecule is CC12C(=CC=CC1N(c1ccc3c4c(n(-c5ccccc5)c3c1)CCC=C4)C1C=Cc3ccccc3C1)c1c3c(cc4cccc2c14)CCC=C3. The fourth-order valence-electron chi connectivity index (χ4n) is 10.3. The first-order valence-electron chi connectivity index (χ1n) is 18.8. The Morgan fingerprint density at radius 1 is 0.745 bits per heavy atom. The molecule has 3 unspecified atom stereocenters. The minimum absolute atomic E-state index is 0.103. The van der Waals surface area contributed by atoms with Crippen molar-refractivity contribution in [2.75, 3.05) is 4.90 Å². The first-order chi connectivity index (χ1) is 25.2. The monoisotopic (exact) mass is 656 g/mol. The van der Waals surface area contributed by atoms with Crippen LogP contribution in [0.3, 0.4) is 0 Å². The van der Waals surface area contributed by atoms with Crippen LogP contribution in [0.25, 0.3) is 51.2 Å². The van der Waals surface area contributed by atoms with Crippen LogP contribution in [0, 0.1) is 0 Å². The van der Waals surface area contributed by atoms with E-state index in [-0.39, 0.29) is 17.5 Å². The third-order valence-electron chi connectivity index (χ3n) is 12.6. The van der Waals surface area contributed by atoms with Crippen LogP contribution in [0.4, 0.5) is 5.69 Å². The predicted octanol–water partition coefficient (Wildman–Crippen LogP) is 11.4. The van der Waals surface area contributed by atoms with E-state index in [1.54, 1.807) is 0 Å². The van der Waals surface area contributed by atoms with Crippen molar-refractivity contribution < 1.29 is 0 Å². The van der Waals surface area contributed by atoms with Crippen molar-refractivity contribution in [1.29, 1.82) is 0 Å². The molecule has 0 bridgehead atoms. The van der Waals surface area contributed by atoms with Crippen molar-refractivity contribution >= 4 is 51.2 Å². The van der Waals surface area contributed by atoms with Crippen molar-refractivity contribution in [1.82, 2.24) is 4.57 Å². The number of benzene rings is 5. The molecule has 0 fully saturated rings. The van der Waals surface area contributed by atoms with Crippen LogP contribution >= 0.6 is 0 Å². The highest BCUT2D eigenvalue weighted by molar-refractivity contribution is 6.09. The van der Waals surface area contributed by atoms with Crippen molar-refractivity contribution in [2.45, 2.75) is 56.5 Å². The minimum Gasteiger partial charge on any atom is -0.357 e. The lowest BCUT2D eigenvalue weighted by molar-refractivity contribution is 0.479. The van der Waals surface area contributed by atoms with E-state index in [0.717, 1.165) is 32.1 Å². The van der Waals surface area contributed by atoms with Gasteiger partial charge in [-0.1, -0.05) is 127 Å². The minimum atomic E-state index is -0.236. The third kappa shape index (κ3) is 4.11. The Morgan fingerprint density at radius 2 is 1.59 bits per heavy atom. The van der Waals surface area contributed by atoms with Gasteiger partial charge in [-0.25, -0.2) is 0 Å². The molecule has 0 radical (unpaired) electrons. The van der Waals surface area contributed by atoms with Crippen LogP contribution in [0.5, 0.6) is 0 Å². The lowest BCUT2D eigenvalue weighted by Crippen LogP contribution is -2.53. The van der Waals surface area contributed by atoms with Gasteiger partial charge in [0.05, 0.1) is 17.6 Å². The lowest BCUT2D eigenvalue weighted by atomic mass is 9.69. The van der Waals surface area contributed by atoms with Crippen LogP contribution in [-0.4, -0.2) is 16.7 Å². The van der Waals surface area contributed by atoms with Crippen molar-refractivity contribution in [3.63, 3.8) is 0 Å². The van der Waals surface area contributed by atoms with Gasteiger partial charge < -0.3 is 9.47 Å². The van der Waals surface area contributed by atoms with Crippen LogP contribution in [0.2, 0.25) is 0 Å². The first kappa shape index (κ1) is 29.2. The number of hydrogen-bond acceptors (Lipinski definition) is 1. The van der Waals surface area contributed by atoms with E-state index in [4.69, 9.17) is 0 Å². The highest BCUT2D eigenvalue weighted by atomic mass is 15.2. The molecule has 246 valence electrons. The van der Waals surface area contributed by atoms with Gasteiger partial charge in [0.1, 0.15) is 0 Å². The van der Waals surface area contributed by atoms with Crippen molar-refractivity contribution in [2.24, 2.45) is 0 Å². The van der Waals surface area contributed by atoms with Crippen LogP contribution in [0.1, 0.15) is 64.4 Å². The van der Waals surface area contributed by atoms with Gasteiger partial charge in [0.15, 0.2) is 0 Å². The Hall–Kier alpha value is -5.60. The lowest BCUT2D eigenvalue weighted by Gasteiger charge is -2.48. The molecule has 0 saturated carbocycles. The van der Waals surface area contributed by atoms with Gasteiger partial charge in [-0.2, -0.15) is 0 Å². The fraction of sp³-hybridized carbons (Fsp3) is 0.184. The van der Waals surface area contributed by atoms with Gasteiger partial charge in [-0.05, 0) is 113 Å². The molecular formula is C49H40N2. The van der Waals surface area contributed by atoms with Crippen LogP contribution in [-0.2, 0) is 24.7 Å². The summed E-state index contributed by atoms with van der Waals surface area (Å²) in [6.45, 7) is 2.53. The van der Waals surface area contributed by atoms with Gasteiger partial charge in [-0.3, -0.25) is 0 Å². The van der Waals surface area contributed by atoms with Crippen molar-refractivity contribution in [3.05, 3.63) is 178 Å². The van der Waals surface area contributed by atoms with E-state index < -0.39 is 0 Å². The molecule has 0 aliphatic heterocycles. The third-order valence-corrected chi connectivity index (χ3v) is 12.6. The second-order valence-corrected chi connectivity index (χ2v) is 15.2. The Bertz CT molecular complexity index is 2590. The van der Waals surface area contributed by atoms with Gasteiger partial charge in [0.2, 0.25) is 0 Å². The average Bonchev–Trinajstić information content (AvgIpc) is 3.66. The molecule has 1 heterocycles. The number of para-hydroxylation sites is 1. The Labute approximate surface area is 300 Å². The molecule has 0 spiro atoms. The van der Waals surface area contributed by atoms with E-state index in [1.165, 1.54) is 83.3 Å². The Kier molecular flexibility index (Phi) is 6.26. The largest absolute Gasteiger partial charge is 0.357 e. The molecule has 51 heavy (non-hydrogen) atoms. The van der Waals surface area contributed by atoms with E-state index in [9.17, 15) is 0 Å². The van der Waals surface area contributed by atoms with Gasteiger partial charge in [0, 0.05) is 33.4 Å². The highest BCUT2D eigenvalue weighted by Crippen LogP contribution is 2.57. The van der Waals surface area contributed by atoms with E-state index in [0.29, 0.717) is 0 Å². The molecule has 11 rings (SSSR count). The van der Waals surface area contributed by atoms with Crippen LogP contribution < -0.4 is 4.90 Å². The molecule has 5 aliphatic rings. The molecule has 2 nitrogen and oxygen atoms in total. The summed E-state index contributed by atoms with van der Waals surface area (Å²) in [4.78, 5) is 2.78. The zero-order valence-corrected chi connectivity index (χ0v) is 29.0.